The number of anilines is 1. The molecule has 68 valence electrons. The predicted molar refractivity (Wildman–Crippen MR) is 50.2 cm³/mol. The fourth-order valence-corrected chi connectivity index (χ4v) is 1.31. The first-order valence-electron chi connectivity index (χ1n) is 4.09. The third-order valence-corrected chi connectivity index (χ3v) is 1.93. The van der Waals surface area contributed by atoms with E-state index in [2.05, 4.69) is 5.10 Å². The van der Waals surface area contributed by atoms with Gasteiger partial charge in [-0.2, -0.15) is 5.10 Å². The van der Waals surface area contributed by atoms with Crippen molar-refractivity contribution in [3.8, 4) is 11.5 Å². The Balaban J connectivity index is 2.34. The van der Waals surface area contributed by atoms with Crippen molar-refractivity contribution in [2.45, 2.75) is 6.42 Å². The molecular weight excluding hydrogens is 168 g/mol. The molecule has 1 aliphatic rings. The average molecular weight is 178 g/mol. The number of rotatable bonds is 1. The lowest BCUT2D eigenvalue weighted by Gasteiger charge is -2.14. The topological polar surface area (TPSA) is 56.1 Å². The number of benzene rings is 1. The van der Waals surface area contributed by atoms with Gasteiger partial charge in [0.1, 0.15) is 17.2 Å². The Morgan fingerprint density at radius 2 is 2.15 bits per heavy atom. The maximum atomic E-state index is 9.48. The quantitative estimate of drug-likeness (QED) is 0.681. The maximum absolute atomic E-state index is 9.48. The molecule has 0 bridgehead atoms. The summed E-state index contributed by atoms with van der Waals surface area (Å²) in [6.07, 6.45) is 2.69. The molecule has 0 spiro atoms. The van der Waals surface area contributed by atoms with E-state index in [0.717, 1.165) is 13.0 Å². The minimum Gasteiger partial charge on any atom is -0.508 e. The van der Waals surface area contributed by atoms with Gasteiger partial charge in [0, 0.05) is 25.2 Å². The van der Waals surface area contributed by atoms with Gasteiger partial charge in [0.2, 0.25) is 0 Å². The summed E-state index contributed by atoms with van der Waals surface area (Å²) in [5.74, 6) is 0.114. The highest BCUT2D eigenvalue weighted by Crippen LogP contribution is 2.31. The van der Waals surface area contributed by atoms with Crippen LogP contribution in [-0.4, -0.2) is 23.0 Å². The molecule has 2 N–H and O–H groups in total. The molecule has 2 rings (SSSR count). The first kappa shape index (κ1) is 7.91. The second kappa shape index (κ2) is 2.97. The second-order valence-corrected chi connectivity index (χ2v) is 2.88. The highest BCUT2D eigenvalue weighted by molar-refractivity contribution is 5.68. The van der Waals surface area contributed by atoms with E-state index >= 15 is 0 Å². The molecule has 1 aromatic rings. The van der Waals surface area contributed by atoms with Crippen LogP contribution in [0.2, 0.25) is 0 Å². The summed E-state index contributed by atoms with van der Waals surface area (Å²) >= 11 is 0. The molecule has 1 aliphatic heterocycles. The van der Waals surface area contributed by atoms with E-state index in [0.29, 0.717) is 5.69 Å². The van der Waals surface area contributed by atoms with Gasteiger partial charge in [-0.15, -0.1) is 0 Å². The predicted octanol–water partition coefficient (Wildman–Crippen LogP) is 1.29. The standard InChI is InChI=1S/C9H10N2O2/c12-7-2-3-8(9(13)6-7)11-5-1-4-10-11/h2-4,6,12-13H,1,5H2. The van der Waals surface area contributed by atoms with Crippen LogP contribution in [0.15, 0.2) is 23.3 Å². The van der Waals surface area contributed by atoms with Gasteiger partial charge in [-0.25, -0.2) is 0 Å². The van der Waals surface area contributed by atoms with Crippen LogP contribution in [0.1, 0.15) is 6.42 Å². The zero-order chi connectivity index (χ0) is 9.26. The Morgan fingerprint density at radius 3 is 2.77 bits per heavy atom. The van der Waals surface area contributed by atoms with E-state index in [1.54, 1.807) is 17.3 Å². The lowest BCUT2D eigenvalue weighted by Crippen LogP contribution is -2.11. The number of aromatic hydroxyl groups is 2. The second-order valence-electron chi connectivity index (χ2n) is 2.88. The molecule has 13 heavy (non-hydrogen) atoms. The monoisotopic (exact) mass is 178 g/mol. The first-order valence-corrected chi connectivity index (χ1v) is 4.09. The molecule has 4 nitrogen and oxygen atoms in total. The normalized spacial score (nSPS) is 15.2. The maximum Gasteiger partial charge on any atom is 0.144 e. The van der Waals surface area contributed by atoms with Crippen molar-refractivity contribution in [1.29, 1.82) is 0 Å². The highest BCUT2D eigenvalue weighted by Gasteiger charge is 2.12. The Bertz CT molecular complexity index is 349. The largest absolute Gasteiger partial charge is 0.508 e. The van der Waals surface area contributed by atoms with Crippen LogP contribution in [0.5, 0.6) is 11.5 Å². The summed E-state index contributed by atoms with van der Waals surface area (Å²) in [4.78, 5) is 0. The van der Waals surface area contributed by atoms with Gasteiger partial charge in [-0.05, 0) is 12.1 Å². The Hall–Kier alpha value is -1.71. The number of phenolic OH excluding ortho intramolecular Hbond substituents is 2. The van der Waals surface area contributed by atoms with Gasteiger partial charge < -0.3 is 10.2 Å². The van der Waals surface area contributed by atoms with Crippen molar-refractivity contribution in [1.82, 2.24) is 0 Å². The number of hydrogen-bond donors (Lipinski definition) is 2. The highest BCUT2D eigenvalue weighted by atomic mass is 16.3. The average Bonchev–Trinajstić information content (AvgIpc) is 2.56. The number of hydrazone groups is 1. The van der Waals surface area contributed by atoms with Crippen molar-refractivity contribution in [2.75, 3.05) is 11.6 Å². The summed E-state index contributed by atoms with van der Waals surface area (Å²) in [5.41, 5.74) is 0.631. The first-order chi connectivity index (χ1) is 6.27. The van der Waals surface area contributed by atoms with E-state index in [-0.39, 0.29) is 11.5 Å². The summed E-state index contributed by atoms with van der Waals surface area (Å²) in [7, 11) is 0. The number of phenols is 2. The zero-order valence-electron chi connectivity index (χ0n) is 7.01. The van der Waals surface area contributed by atoms with Crippen LogP contribution < -0.4 is 5.01 Å². The van der Waals surface area contributed by atoms with Crippen molar-refractivity contribution in [3.63, 3.8) is 0 Å². The van der Waals surface area contributed by atoms with Gasteiger partial charge in [0.15, 0.2) is 0 Å². The van der Waals surface area contributed by atoms with Crippen molar-refractivity contribution < 1.29 is 10.2 Å². The van der Waals surface area contributed by atoms with E-state index in [4.69, 9.17) is 5.11 Å². The molecule has 0 aromatic heterocycles. The molecule has 0 fully saturated rings. The third kappa shape index (κ3) is 1.42. The smallest absolute Gasteiger partial charge is 0.144 e. The molecule has 0 unspecified atom stereocenters. The lowest BCUT2D eigenvalue weighted by atomic mass is 10.2. The summed E-state index contributed by atoms with van der Waals surface area (Å²) in [6, 6.07) is 4.49. The zero-order valence-corrected chi connectivity index (χ0v) is 7.01. The lowest BCUT2D eigenvalue weighted by molar-refractivity contribution is 0.450. The fourth-order valence-electron chi connectivity index (χ4n) is 1.31. The summed E-state index contributed by atoms with van der Waals surface area (Å²) in [5, 5.41) is 24.3. The molecular formula is C9H10N2O2. The fraction of sp³-hybridized carbons (Fsp3) is 0.222. The van der Waals surface area contributed by atoms with Crippen LogP contribution in [0.25, 0.3) is 0 Å². The number of hydrogen-bond acceptors (Lipinski definition) is 4. The number of nitrogens with zero attached hydrogens (tertiary/aromatic N) is 2. The van der Waals surface area contributed by atoms with Crippen LogP contribution >= 0.6 is 0 Å². The van der Waals surface area contributed by atoms with Crippen molar-refractivity contribution >= 4 is 11.9 Å². The molecule has 1 heterocycles. The summed E-state index contributed by atoms with van der Waals surface area (Å²) in [6.45, 7) is 0.776. The van der Waals surface area contributed by atoms with Crippen LogP contribution in [0, 0.1) is 0 Å². The molecule has 4 heteroatoms. The van der Waals surface area contributed by atoms with Gasteiger partial charge in [0.05, 0.1) is 0 Å². The Morgan fingerprint density at radius 1 is 1.31 bits per heavy atom. The molecule has 0 radical (unpaired) electrons. The van der Waals surface area contributed by atoms with E-state index in [1.807, 2.05) is 0 Å². The van der Waals surface area contributed by atoms with E-state index in [1.165, 1.54) is 12.1 Å². The Kier molecular flexibility index (Phi) is 1.81. The molecule has 0 aliphatic carbocycles. The third-order valence-electron chi connectivity index (χ3n) is 1.93. The van der Waals surface area contributed by atoms with Crippen molar-refractivity contribution in [2.24, 2.45) is 5.10 Å². The minimum atomic E-state index is 0.0547. The van der Waals surface area contributed by atoms with Crippen LogP contribution in [-0.2, 0) is 0 Å². The van der Waals surface area contributed by atoms with E-state index < -0.39 is 0 Å². The SMILES string of the molecule is Oc1ccc(N2CCC=N2)c(O)c1. The minimum absolute atomic E-state index is 0.0547. The molecule has 0 atom stereocenters. The molecule has 0 saturated carbocycles. The van der Waals surface area contributed by atoms with Crippen molar-refractivity contribution in [3.05, 3.63) is 18.2 Å². The summed E-state index contributed by atoms with van der Waals surface area (Å²) < 4.78 is 0. The Labute approximate surface area is 75.7 Å². The van der Waals surface area contributed by atoms with Gasteiger partial charge in [-0.3, -0.25) is 5.01 Å². The van der Waals surface area contributed by atoms with Crippen LogP contribution in [0.3, 0.4) is 0 Å². The van der Waals surface area contributed by atoms with Gasteiger partial charge in [0.25, 0.3) is 0 Å². The van der Waals surface area contributed by atoms with Gasteiger partial charge in [-0.1, -0.05) is 0 Å². The molecule has 0 amide bonds. The van der Waals surface area contributed by atoms with E-state index in [9.17, 15) is 5.11 Å². The molecule has 1 aromatic carbocycles. The van der Waals surface area contributed by atoms with Gasteiger partial charge >= 0.3 is 0 Å². The molecule has 0 saturated heterocycles. The van der Waals surface area contributed by atoms with Crippen LogP contribution in [0.4, 0.5) is 5.69 Å².